The lowest BCUT2D eigenvalue weighted by atomic mass is 9.90. The Morgan fingerprint density at radius 2 is 1.97 bits per heavy atom. The molecule has 0 saturated carbocycles. The Bertz CT molecular complexity index is 553. The highest BCUT2D eigenvalue weighted by atomic mass is 16.7. The van der Waals surface area contributed by atoms with Crippen LogP contribution in [0.15, 0.2) is 0 Å². The summed E-state index contributed by atoms with van der Waals surface area (Å²) >= 11 is 0. The quantitative estimate of drug-likeness (QED) is 0.506. The molecular weight excluding hydrogens is 368 g/mol. The molecule has 4 aliphatic heterocycles. The molecule has 0 aromatic rings. The van der Waals surface area contributed by atoms with Crippen LogP contribution in [-0.4, -0.2) is 73.0 Å². The van der Waals surface area contributed by atoms with Crippen molar-refractivity contribution < 1.29 is 9.63 Å². The van der Waals surface area contributed by atoms with Gasteiger partial charge in [-0.25, -0.2) is 0 Å². The first-order valence-corrected chi connectivity index (χ1v) is 11.7. The van der Waals surface area contributed by atoms with E-state index in [4.69, 9.17) is 10.6 Å². The number of nitrogens with one attached hydrogen (secondary N) is 3. The predicted molar refractivity (Wildman–Crippen MR) is 112 cm³/mol. The molecule has 4 saturated heterocycles. The van der Waals surface area contributed by atoms with E-state index in [1.54, 1.807) is 0 Å². The van der Waals surface area contributed by atoms with Gasteiger partial charge in [0.25, 0.3) is 0 Å². The number of rotatable bonds is 6. The standard InChI is InChI=1S/C21H40N6O2/c1-14(2)13-27-9-3-4-17(27)21-24-20(25-29-21)16-5-8-23-18(12-16)26-10-6-15(7-11-26)19(22)28/h14-18,20-21,23-25H,3-13H2,1-2H3,(H2,22,28). The molecule has 166 valence electrons. The Morgan fingerprint density at radius 3 is 2.69 bits per heavy atom. The van der Waals surface area contributed by atoms with Gasteiger partial charge in [-0.15, -0.1) is 0 Å². The molecule has 0 spiro atoms. The van der Waals surface area contributed by atoms with E-state index in [-0.39, 0.29) is 24.2 Å². The number of carbonyl (C=O) groups is 1. The van der Waals surface area contributed by atoms with Crippen LogP contribution in [0.5, 0.6) is 0 Å². The molecule has 0 aliphatic carbocycles. The second-order valence-electron chi connectivity index (χ2n) is 9.87. The van der Waals surface area contributed by atoms with E-state index in [2.05, 4.69) is 39.8 Å². The van der Waals surface area contributed by atoms with Gasteiger partial charge in [0, 0.05) is 25.6 Å². The largest absolute Gasteiger partial charge is 0.369 e. The van der Waals surface area contributed by atoms with Crippen LogP contribution < -0.4 is 21.8 Å². The summed E-state index contributed by atoms with van der Waals surface area (Å²) < 4.78 is 0. The SMILES string of the molecule is CC(C)CN1CCCC1C1NC(C2CCNC(N3CCC(C(N)=O)CC3)C2)NO1. The van der Waals surface area contributed by atoms with Gasteiger partial charge in [-0.1, -0.05) is 13.8 Å². The normalized spacial score (nSPS) is 38.1. The molecule has 5 N–H and O–H groups in total. The van der Waals surface area contributed by atoms with Gasteiger partial charge in [-0.2, -0.15) is 5.48 Å². The Balaban J connectivity index is 1.28. The van der Waals surface area contributed by atoms with Crippen molar-refractivity contribution in [2.75, 3.05) is 32.7 Å². The molecule has 4 rings (SSSR count). The van der Waals surface area contributed by atoms with Crippen LogP contribution in [0, 0.1) is 17.8 Å². The molecule has 29 heavy (non-hydrogen) atoms. The minimum atomic E-state index is -0.139. The molecule has 0 bridgehead atoms. The molecule has 5 atom stereocenters. The number of primary amides is 1. The Labute approximate surface area is 175 Å². The third-order valence-corrected chi connectivity index (χ3v) is 7.29. The van der Waals surface area contributed by atoms with E-state index >= 15 is 0 Å². The van der Waals surface area contributed by atoms with E-state index in [1.165, 1.54) is 19.4 Å². The highest BCUT2D eigenvalue weighted by molar-refractivity contribution is 5.76. The van der Waals surface area contributed by atoms with E-state index < -0.39 is 0 Å². The number of amides is 1. The number of carbonyl (C=O) groups excluding carboxylic acids is 1. The zero-order valence-corrected chi connectivity index (χ0v) is 18.1. The summed E-state index contributed by atoms with van der Waals surface area (Å²) in [5, 5.41) is 7.46. The van der Waals surface area contributed by atoms with E-state index in [0.717, 1.165) is 51.9 Å². The maximum atomic E-state index is 11.4. The number of nitrogens with zero attached hydrogens (tertiary/aromatic N) is 2. The number of piperidine rings is 2. The van der Waals surface area contributed by atoms with Crippen molar-refractivity contribution in [3.8, 4) is 0 Å². The van der Waals surface area contributed by atoms with Crippen molar-refractivity contribution in [2.45, 2.75) is 77.0 Å². The zero-order valence-electron chi connectivity index (χ0n) is 18.1. The highest BCUT2D eigenvalue weighted by Gasteiger charge is 2.41. The van der Waals surface area contributed by atoms with Crippen LogP contribution in [0.3, 0.4) is 0 Å². The zero-order chi connectivity index (χ0) is 20.4. The predicted octanol–water partition coefficient (Wildman–Crippen LogP) is 0.406. The van der Waals surface area contributed by atoms with Crippen LogP contribution in [0.1, 0.15) is 52.4 Å². The van der Waals surface area contributed by atoms with Crippen LogP contribution in [-0.2, 0) is 9.63 Å². The first-order valence-electron chi connectivity index (χ1n) is 11.7. The van der Waals surface area contributed by atoms with E-state index in [0.29, 0.717) is 24.0 Å². The fourth-order valence-corrected chi connectivity index (χ4v) is 5.70. The van der Waals surface area contributed by atoms with Crippen molar-refractivity contribution in [2.24, 2.45) is 23.5 Å². The molecule has 4 heterocycles. The Morgan fingerprint density at radius 1 is 1.17 bits per heavy atom. The first kappa shape index (κ1) is 21.5. The third-order valence-electron chi connectivity index (χ3n) is 7.29. The second-order valence-corrected chi connectivity index (χ2v) is 9.87. The molecule has 5 unspecified atom stereocenters. The van der Waals surface area contributed by atoms with Crippen LogP contribution in [0.2, 0.25) is 0 Å². The van der Waals surface area contributed by atoms with Gasteiger partial charge in [-0.3, -0.25) is 24.7 Å². The van der Waals surface area contributed by atoms with Crippen LogP contribution in [0.25, 0.3) is 0 Å². The average molecular weight is 409 g/mol. The van der Waals surface area contributed by atoms with Gasteiger partial charge in [0.1, 0.15) is 6.23 Å². The van der Waals surface area contributed by atoms with Crippen molar-refractivity contribution in [3.63, 3.8) is 0 Å². The summed E-state index contributed by atoms with van der Waals surface area (Å²) in [4.78, 5) is 22.6. The fraction of sp³-hybridized carbons (Fsp3) is 0.952. The minimum Gasteiger partial charge on any atom is -0.369 e. The summed E-state index contributed by atoms with van der Waals surface area (Å²) in [6.45, 7) is 9.85. The van der Waals surface area contributed by atoms with Gasteiger partial charge < -0.3 is 11.1 Å². The minimum absolute atomic E-state index is 0.0538. The van der Waals surface area contributed by atoms with Crippen molar-refractivity contribution in [1.29, 1.82) is 0 Å². The molecule has 0 radical (unpaired) electrons. The number of hydrogen-bond donors (Lipinski definition) is 4. The number of hydrogen-bond acceptors (Lipinski definition) is 7. The summed E-state index contributed by atoms with van der Waals surface area (Å²) in [6.07, 6.45) is 7.18. The highest BCUT2D eigenvalue weighted by Crippen LogP contribution is 2.29. The number of nitrogens with two attached hydrogens (primary N) is 1. The molecule has 1 amide bonds. The Hall–Kier alpha value is -0.770. The molecule has 8 nitrogen and oxygen atoms in total. The summed E-state index contributed by atoms with van der Waals surface area (Å²) in [7, 11) is 0. The van der Waals surface area contributed by atoms with E-state index in [1.807, 2.05) is 0 Å². The Kier molecular flexibility index (Phi) is 7.09. The van der Waals surface area contributed by atoms with Crippen molar-refractivity contribution in [1.82, 2.24) is 25.9 Å². The van der Waals surface area contributed by atoms with Crippen molar-refractivity contribution >= 4 is 5.91 Å². The number of hydroxylamine groups is 1. The molecule has 0 aromatic carbocycles. The maximum absolute atomic E-state index is 11.4. The van der Waals surface area contributed by atoms with Gasteiger partial charge >= 0.3 is 0 Å². The first-order chi connectivity index (χ1) is 14.0. The molecule has 0 aromatic heterocycles. The molecule has 8 heteroatoms. The van der Waals surface area contributed by atoms with E-state index in [9.17, 15) is 4.79 Å². The summed E-state index contributed by atoms with van der Waals surface area (Å²) in [5.41, 5.74) is 8.82. The van der Waals surface area contributed by atoms with Crippen LogP contribution in [0.4, 0.5) is 0 Å². The van der Waals surface area contributed by atoms with Crippen molar-refractivity contribution in [3.05, 3.63) is 0 Å². The summed E-state index contributed by atoms with van der Waals surface area (Å²) in [5.74, 6) is 1.14. The lowest BCUT2D eigenvalue weighted by Crippen LogP contribution is -2.57. The average Bonchev–Trinajstić information content (AvgIpc) is 3.37. The van der Waals surface area contributed by atoms with Gasteiger partial charge in [0.15, 0.2) is 0 Å². The molecule has 4 fully saturated rings. The van der Waals surface area contributed by atoms with Gasteiger partial charge in [-0.05, 0) is 63.5 Å². The third kappa shape index (κ3) is 5.11. The molecular formula is C21H40N6O2. The maximum Gasteiger partial charge on any atom is 0.220 e. The fourth-order valence-electron chi connectivity index (χ4n) is 5.70. The van der Waals surface area contributed by atoms with Crippen LogP contribution >= 0.6 is 0 Å². The summed E-state index contributed by atoms with van der Waals surface area (Å²) in [6, 6.07) is 0.472. The monoisotopic (exact) mass is 408 g/mol. The van der Waals surface area contributed by atoms with Gasteiger partial charge in [0.05, 0.1) is 18.4 Å². The lowest BCUT2D eigenvalue weighted by molar-refractivity contribution is -0.123. The molecule has 4 aliphatic rings. The van der Waals surface area contributed by atoms with Gasteiger partial charge in [0.2, 0.25) is 5.91 Å². The lowest BCUT2D eigenvalue weighted by Gasteiger charge is -2.42. The second kappa shape index (κ2) is 9.58. The topological polar surface area (TPSA) is 94.9 Å². The number of likely N-dealkylation sites (tertiary alicyclic amines) is 2. The smallest absolute Gasteiger partial charge is 0.220 e.